The van der Waals surface area contributed by atoms with E-state index >= 15 is 0 Å². The number of hydrogen-bond acceptors (Lipinski definition) is 8. The van der Waals surface area contributed by atoms with Crippen molar-refractivity contribution in [1.29, 1.82) is 0 Å². The molecule has 0 spiro atoms. The second-order valence-electron chi connectivity index (χ2n) is 7.98. The number of furan rings is 1. The van der Waals surface area contributed by atoms with Gasteiger partial charge in [-0.25, -0.2) is 14.8 Å². The van der Waals surface area contributed by atoms with Crippen LogP contribution >= 0.6 is 0 Å². The molecule has 0 radical (unpaired) electrons. The number of nitrogens with one attached hydrogen (secondary N) is 1. The van der Waals surface area contributed by atoms with Gasteiger partial charge >= 0.3 is 24.1 Å². The predicted molar refractivity (Wildman–Crippen MR) is 109 cm³/mol. The molecule has 0 bridgehead atoms. The maximum atomic E-state index is 12.6. The number of aromatic nitrogens is 2. The molecule has 1 amide bonds. The van der Waals surface area contributed by atoms with Crippen molar-refractivity contribution in [2.75, 3.05) is 34.8 Å². The van der Waals surface area contributed by atoms with Gasteiger partial charge in [-0.05, 0) is 18.1 Å². The molecule has 0 unspecified atom stereocenters. The van der Waals surface area contributed by atoms with Gasteiger partial charge in [-0.15, -0.1) is 0 Å². The first-order valence-electron chi connectivity index (χ1n) is 9.68. The first-order chi connectivity index (χ1) is 15.8. The molecule has 1 atom stereocenters. The van der Waals surface area contributed by atoms with Crippen molar-refractivity contribution in [1.82, 2.24) is 15.3 Å². The molecular weight excluding hydrogens is 461 g/mol. The van der Waals surface area contributed by atoms with Gasteiger partial charge in [0.15, 0.2) is 11.5 Å². The quantitative estimate of drug-likeness (QED) is 0.271. The Morgan fingerprint density at radius 3 is 2.35 bits per heavy atom. The highest BCUT2D eigenvalue weighted by Crippen LogP contribution is 2.17. The van der Waals surface area contributed by atoms with Crippen LogP contribution in [0.4, 0.5) is 13.2 Å². The summed E-state index contributed by atoms with van der Waals surface area (Å²) in [6.45, 7) is 0.145. The Labute approximate surface area is 192 Å². The number of alkyl halides is 3. The van der Waals surface area contributed by atoms with Gasteiger partial charge < -0.3 is 23.7 Å². The summed E-state index contributed by atoms with van der Waals surface area (Å²) < 4.78 is 51.3. The molecule has 2 aromatic rings. The summed E-state index contributed by atoms with van der Waals surface area (Å²) in [7, 11) is 6.66. The number of nitrogens with zero attached hydrogens (tertiary/aromatic N) is 3. The van der Waals surface area contributed by atoms with Crippen LogP contribution in [0.1, 0.15) is 28.3 Å². The Hall–Kier alpha value is -3.92. The second-order valence-corrected chi connectivity index (χ2v) is 7.98. The molecule has 0 aliphatic rings. The number of rotatable bonds is 7. The molecule has 10 nitrogen and oxygen atoms in total. The predicted octanol–water partition coefficient (Wildman–Crippen LogP) is 1.30. The number of methoxy groups -OCH3 is 1. The van der Waals surface area contributed by atoms with E-state index in [9.17, 15) is 27.6 Å². The van der Waals surface area contributed by atoms with Gasteiger partial charge in [0.25, 0.3) is 5.91 Å². The Morgan fingerprint density at radius 2 is 1.79 bits per heavy atom. The van der Waals surface area contributed by atoms with E-state index < -0.39 is 36.5 Å². The summed E-state index contributed by atoms with van der Waals surface area (Å²) in [5.41, 5.74) is 0.470. The largest absolute Gasteiger partial charge is 0.491 e. The highest BCUT2D eigenvalue weighted by atomic mass is 19.4. The fourth-order valence-corrected chi connectivity index (χ4v) is 2.63. The zero-order chi connectivity index (χ0) is 25.5. The van der Waals surface area contributed by atoms with Crippen LogP contribution in [-0.2, 0) is 14.3 Å². The van der Waals surface area contributed by atoms with Crippen LogP contribution in [0.25, 0.3) is 0 Å². The molecule has 182 valence electrons. The number of halogens is 3. The van der Waals surface area contributed by atoms with Gasteiger partial charge in [0.1, 0.15) is 0 Å². The number of esters is 2. The molecule has 0 saturated heterocycles. The Bertz CT molecular complexity index is 1090. The van der Waals surface area contributed by atoms with E-state index in [0.29, 0.717) is 5.56 Å². The minimum Gasteiger partial charge on any atom is -0.467 e. The third kappa shape index (κ3) is 8.55. The first-order valence-corrected chi connectivity index (χ1v) is 9.68. The number of carbonyl (C=O) groups is 3. The smallest absolute Gasteiger partial charge is 0.467 e. The Balaban J connectivity index is 2.07. The van der Waals surface area contributed by atoms with Gasteiger partial charge in [-0.1, -0.05) is 5.92 Å². The summed E-state index contributed by atoms with van der Waals surface area (Å²) in [5, 5.41) is 2.51. The molecule has 13 heteroatoms. The third-order valence-corrected chi connectivity index (χ3v) is 3.92. The average Bonchev–Trinajstić information content (AvgIpc) is 3.19. The molecule has 0 aliphatic carbocycles. The lowest BCUT2D eigenvalue weighted by atomic mass is 10.1. The molecule has 0 saturated carbocycles. The van der Waals surface area contributed by atoms with Crippen molar-refractivity contribution in [3.63, 3.8) is 0 Å². The lowest BCUT2D eigenvalue weighted by Crippen LogP contribution is -2.50. The summed E-state index contributed by atoms with van der Waals surface area (Å²) in [6.07, 6.45) is -3.09. The van der Waals surface area contributed by atoms with Crippen molar-refractivity contribution < 1.29 is 45.9 Å². The Kier molecular flexibility index (Phi) is 8.36. The van der Waals surface area contributed by atoms with E-state index in [4.69, 9.17) is 9.15 Å². The van der Waals surface area contributed by atoms with E-state index in [0.717, 1.165) is 0 Å². The van der Waals surface area contributed by atoms with Crippen molar-refractivity contribution in [2.45, 2.75) is 18.6 Å². The molecule has 0 aromatic carbocycles. The van der Waals surface area contributed by atoms with Gasteiger partial charge in [0.05, 0.1) is 52.8 Å². The van der Waals surface area contributed by atoms with E-state index in [1.165, 1.54) is 31.6 Å². The highest BCUT2D eigenvalue weighted by molar-refractivity contribution is 5.92. The van der Waals surface area contributed by atoms with Crippen LogP contribution < -0.4 is 10.1 Å². The normalized spacial score (nSPS) is 12.2. The molecule has 2 aromatic heterocycles. The van der Waals surface area contributed by atoms with Crippen molar-refractivity contribution in [3.05, 3.63) is 41.6 Å². The molecule has 0 fully saturated rings. The molecular formula is C21H22F3N4O6+. The molecule has 0 aliphatic heterocycles. The lowest BCUT2D eigenvalue weighted by molar-refractivity contribution is -0.871. The number of hydrogen-bond donors (Lipinski definition) is 1. The van der Waals surface area contributed by atoms with Crippen molar-refractivity contribution in [2.24, 2.45) is 0 Å². The highest BCUT2D eigenvalue weighted by Gasteiger charge is 2.42. The summed E-state index contributed by atoms with van der Waals surface area (Å²) in [6, 6.07) is 2.02. The fraction of sp³-hybridized carbons (Fsp3) is 0.381. The average molecular weight is 483 g/mol. The van der Waals surface area contributed by atoms with Crippen molar-refractivity contribution in [3.8, 4) is 17.9 Å². The fourth-order valence-electron chi connectivity index (χ4n) is 2.63. The number of quaternary nitrogens is 1. The zero-order valence-corrected chi connectivity index (χ0v) is 18.7. The minimum absolute atomic E-state index is 0.138. The summed E-state index contributed by atoms with van der Waals surface area (Å²) in [5.74, 6) is 0.687. The van der Waals surface area contributed by atoms with E-state index in [2.05, 4.69) is 31.9 Å². The van der Waals surface area contributed by atoms with Crippen LogP contribution in [0, 0.1) is 11.8 Å². The summed E-state index contributed by atoms with van der Waals surface area (Å²) in [4.78, 5) is 43.1. The van der Waals surface area contributed by atoms with Crippen LogP contribution in [-0.4, -0.2) is 79.3 Å². The molecule has 34 heavy (non-hydrogen) atoms. The van der Waals surface area contributed by atoms with Crippen molar-refractivity contribution >= 4 is 17.8 Å². The molecule has 2 rings (SSSR count). The minimum atomic E-state index is -5.31. The van der Waals surface area contributed by atoms with Gasteiger partial charge in [0, 0.05) is 12.4 Å². The van der Waals surface area contributed by atoms with Crippen LogP contribution in [0.15, 0.2) is 28.9 Å². The van der Waals surface area contributed by atoms with Crippen LogP contribution in [0.2, 0.25) is 0 Å². The molecule has 1 N–H and O–H groups in total. The number of carbonyl (C=O) groups excluding carboxylic acids is 3. The van der Waals surface area contributed by atoms with Crippen LogP contribution in [0.5, 0.6) is 6.01 Å². The lowest BCUT2D eigenvalue weighted by Gasteiger charge is -2.29. The number of amides is 1. The molecule has 2 heterocycles. The standard InChI is InChI=1S/C21H21F3N4O6/c1-28(2,3)12-14(9-17(29)34-19(31)21(22,23)24)27-18(30)16-8-7-15(33-16)6-5-13-10-25-20(32-4)26-11-13/h7-8,10-11,14H,9,12H2,1-4H3/p+1/t14-/m1/s1. The van der Waals surface area contributed by atoms with E-state index in [1.807, 2.05) is 0 Å². The first kappa shape index (κ1) is 26.3. The van der Waals surface area contributed by atoms with Crippen LogP contribution in [0.3, 0.4) is 0 Å². The number of ether oxygens (including phenoxy) is 2. The van der Waals surface area contributed by atoms with Gasteiger partial charge in [-0.3, -0.25) is 9.59 Å². The third-order valence-electron chi connectivity index (χ3n) is 3.92. The topological polar surface area (TPSA) is 121 Å². The zero-order valence-electron chi connectivity index (χ0n) is 18.7. The summed E-state index contributed by atoms with van der Waals surface area (Å²) >= 11 is 0. The second kappa shape index (κ2) is 10.8. The number of likely N-dealkylation sites (N-methyl/N-ethyl adjacent to an activating group) is 1. The van der Waals surface area contributed by atoms with E-state index in [1.54, 1.807) is 21.1 Å². The van der Waals surface area contributed by atoms with Gasteiger partial charge in [-0.2, -0.15) is 13.2 Å². The van der Waals surface area contributed by atoms with E-state index in [-0.39, 0.29) is 28.6 Å². The Morgan fingerprint density at radius 1 is 1.15 bits per heavy atom. The maximum Gasteiger partial charge on any atom is 0.491 e. The van der Waals surface area contributed by atoms with Gasteiger partial charge in [0.2, 0.25) is 0 Å². The maximum absolute atomic E-state index is 12.6. The SMILES string of the molecule is COc1ncc(C#Cc2ccc(C(=O)N[C@H](CC(=O)OC(=O)C(F)(F)F)C[N+](C)(C)C)o2)cn1. The monoisotopic (exact) mass is 483 g/mol.